The molecule has 0 fully saturated rings. The molecule has 0 bridgehead atoms. The van der Waals surface area contributed by atoms with Gasteiger partial charge >= 0.3 is 0 Å². The first kappa shape index (κ1) is 15.5. The first-order valence-electron chi connectivity index (χ1n) is 5.42. The minimum atomic E-state index is -3.89. The fourth-order valence-corrected chi connectivity index (χ4v) is 3.33. The van der Waals surface area contributed by atoms with E-state index >= 15 is 0 Å². The lowest BCUT2D eigenvalue weighted by Crippen LogP contribution is -2.33. The SMILES string of the molecule is CCCC(C#N)NS(=O)(=O)c1nnc(NC(C)=O)s1. The Labute approximate surface area is 114 Å². The van der Waals surface area contributed by atoms with Crippen molar-refractivity contribution in [1.82, 2.24) is 14.9 Å². The van der Waals surface area contributed by atoms with Gasteiger partial charge in [-0.3, -0.25) is 4.79 Å². The zero-order valence-electron chi connectivity index (χ0n) is 10.4. The molecule has 1 aromatic rings. The van der Waals surface area contributed by atoms with Crippen LogP contribution in [0.15, 0.2) is 4.34 Å². The normalized spacial score (nSPS) is 12.7. The fourth-order valence-electron chi connectivity index (χ4n) is 1.20. The van der Waals surface area contributed by atoms with Crippen molar-refractivity contribution in [2.45, 2.75) is 37.1 Å². The van der Waals surface area contributed by atoms with E-state index in [1.807, 2.05) is 13.0 Å². The Morgan fingerprint density at radius 1 is 1.53 bits per heavy atom. The molecule has 1 unspecified atom stereocenters. The summed E-state index contributed by atoms with van der Waals surface area (Å²) in [7, 11) is -3.89. The number of anilines is 1. The molecule has 1 aromatic heterocycles. The summed E-state index contributed by atoms with van der Waals surface area (Å²) in [6.45, 7) is 3.12. The quantitative estimate of drug-likeness (QED) is 0.736. The van der Waals surface area contributed by atoms with E-state index in [0.717, 1.165) is 11.3 Å². The number of sulfonamides is 1. The molecule has 0 aromatic carbocycles. The number of carbonyl (C=O) groups excluding carboxylic acids is 1. The Hall–Kier alpha value is -1.57. The first-order chi connectivity index (χ1) is 8.89. The molecule has 0 saturated carbocycles. The van der Waals surface area contributed by atoms with Crippen molar-refractivity contribution in [1.29, 1.82) is 5.26 Å². The van der Waals surface area contributed by atoms with Crippen LogP contribution in [-0.2, 0) is 14.8 Å². The first-order valence-corrected chi connectivity index (χ1v) is 7.72. The van der Waals surface area contributed by atoms with Crippen LogP contribution in [0.5, 0.6) is 0 Å². The maximum atomic E-state index is 11.9. The molecule has 104 valence electrons. The Morgan fingerprint density at radius 2 is 2.21 bits per heavy atom. The van der Waals surface area contributed by atoms with Crippen molar-refractivity contribution in [3.05, 3.63) is 0 Å². The Balaban J connectivity index is 2.85. The topological polar surface area (TPSA) is 125 Å². The Kier molecular flexibility index (Phi) is 5.34. The summed E-state index contributed by atoms with van der Waals surface area (Å²) in [5.74, 6) is -0.367. The van der Waals surface area contributed by atoms with Crippen molar-refractivity contribution < 1.29 is 13.2 Å². The molecule has 1 heterocycles. The van der Waals surface area contributed by atoms with Crippen molar-refractivity contribution in [3.8, 4) is 6.07 Å². The average Bonchev–Trinajstić information content (AvgIpc) is 2.76. The van der Waals surface area contributed by atoms with Gasteiger partial charge in [0.15, 0.2) is 0 Å². The molecule has 8 nitrogen and oxygen atoms in total. The van der Waals surface area contributed by atoms with Crippen molar-refractivity contribution in [2.75, 3.05) is 5.32 Å². The number of nitrogens with zero attached hydrogens (tertiary/aromatic N) is 3. The summed E-state index contributed by atoms with van der Waals surface area (Å²) in [6.07, 6.45) is 1.08. The van der Waals surface area contributed by atoms with Gasteiger partial charge in [-0.2, -0.15) is 9.98 Å². The van der Waals surface area contributed by atoms with Crippen LogP contribution in [0.3, 0.4) is 0 Å². The van der Waals surface area contributed by atoms with Gasteiger partial charge in [0.05, 0.1) is 6.07 Å². The number of hydrogen-bond acceptors (Lipinski definition) is 7. The summed E-state index contributed by atoms with van der Waals surface area (Å²) >= 11 is 0.725. The van der Waals surface area contributed by atoms with Gasteiger partial charge in [-0.1, -0.05) is 24.7 Å². The molecule has 2 N–H and O–H groups in total. The molecular weight excluding hydrogens is 290 g/mol. The van der Waals surface area contributed by atoms with E-state index in [1.165, 1.54) is 6.92 Å². The minimum Gasteiger partial charge on any atom is -0.301 e. The molecule has 0 aliphatic rings. The second-order valence-electron chi connectivity index (χ2n) is 3.65. The molecule has 1 amide bonds. The summed E-state index contributed by atoms with van der Waals surface area (Å²) < 4.78 is 25.8. The molecular formula is C9H13N5O3S2. The summed E-state index contributed by atoms with van der Waals surface area (Å²) in [5, 5.41) is 18.3. The van der Waals surface area contributed by atoms with Crippen LogP contribution in [0.4, 0.5) is 5.13 Å². The predicted molar refractivity (Wildman–Crippen MR) is 68.8 cm³/mol. The van der Waals surface area contributed by atoms with Crippen molar-refractivity contribution >= 4 is 32.4 Å². The van der Waals surface area contributed by atoms with E-state index in [9.17, 15) is 13.2 Å². The van der Waals surface area contributed by atoms with Crippen molar-refractivity contribution in [2.24, 2.45) is 0 Å². The van der Waals surface area contributed by atoms with Crippen LogP contribution in [0, 0.1) is 11.3 Å². The highest BCUT2D eigenvalue weighted by molar-refractivity contribution is 7.91. The highest BCUT2D eigenvalue weighted by atomic mass is 32.2. The second-order valence-corrected chi connectivity index (χ2v) is 6.51. The van der Waals surface area contributed by atoms with Crippen LogP contribution < -0.4 is 10.0 Å². The van der Waals surface area contributed by atoms with Gasteiger partial charge in [0.2, 0.25) is 15.4 Å². The number of aromatic nitrogens is 2. The number of nitrogens with one attached hydrogen (secondary N) is 2. The molecule has 0 spiro atoms. The smallest absolute Gasteiger partial charge is 0.271 e. The maximum Gasteiger partial charge on any atom is 0.271 e. The maximum absolute atomic E-state index is 11.9. The number of rotatable bonds is 6. The highest BCUT2D eigenvalue weighted by Gasteiger charge is 2.24. The minimum absolute atomic E-state index is 0.0943. The van der Waals surface area contributed by atoms with E-state index in [2.05, 4.69) is 20.2 Å². The fraction of sp³-hybridized carbons (Fsp3) is 0.556. The van der Waals surface area contributed by atoms with Gasteiger partial charge < -0.3 is 5.32 Å². The van der Waals surface area contributed by atoms with Crippen LogP contribution in [0.25, 0.3) is 0 Å². The van der Waals surface area contributed by atoms with E-state index < -0.39 is 16.1 Å². The van der Waals surface area contributed by atoms with Gasteiger partial charge in [-0.15, -0.1) is 10.2 Å². The molecule has 0 radical (unpaired) electrons. The van der Waals surface area contributed by atoms with E-state index in [0.29, 0.717) is 12.8 Å². The molecule has 0 saturated heterocycles. The highest BCUT2D eigenvalue weighted by Crippen LogP contribution is 2.20. The summed E-state index contributed by atoms with van der Waals surface area (Å²) in [6, 6.07) is 1.06. The molecule has 10 heteroatoms. The van der Waals surface area contributed by atoms with Crippen LogP contribution in [0.2, 0.25) is 0 Å². The molecule has 0 aliphatic heterocycles. The van der Waals surface area contributed by atoms with Gasteiger partial charge in [0.1, 0.15) is 6.04 Å². The van der Waals surface area contributed by atoms with Gasteiger partial charge in [0, 0.05) is 6.92 Å². The largest absolute Gasteiger partial charge is 0.301 e. The van der Waals surface area contributed by atoms with E-state index in [-0.39, 0.29) is 15.4 Å². The van der Waals surface area contributed by atoms with E-state index in [1.54, 1.807) is 0 Å². The van der Waals surface area contributed by atoms with Gasteiger partial charge in [-0.25, -0.2) is 8.42 Å². The Morgan fingerprint density at radius 3 is 2.74 bits per heavy atom. The lowest BCUT2D eigenvalue weighted by Gasteiger charge is -2.08. The third-order valence-corrected chi connectivity index (χ3v) is 4.63. The third-order valence-electron chi connectivity index (χ3n) is 1.95. The lowest BCUT2D eigenvalue weighted by molar-refractivity contribution is -0.114. The molecule has 1 atom stereocenters. The number of carbonyl (C=O) groups is 1. The van der Waals surface area contributed by atoms with Gasteiger partial charge in [0.25, 0.3) is 10.0 Å². The number of nitriles is 1. The molecule has 1 rings (SSSR count). The Bertz CT molecular complexity index is 589. The second kappa shape index (κ2) is 6.55. The summed E-state index contributed by atoms with van der Waals surface area (Å²) in [4.78, 5) is 10.8. The van der Waals surface area contributed by atoms with Crippen LogP contribution >= 0.6 is 11.3 Å². The monoisotopic (exact) mass is 303 g/mol. The van der Waals surface area contributed by atoms with Crippen LogP contribution in [-0.4, -0.2) is 30.6 Å². The van der Waals surface area contributed by atoms with Crippen molar-refractivity contribution in [3.63, 3.8) is 0 Å². The van der Waals surface area contributed by atoms with Gasteiger partial charge in [-0.05, 0) is 6.42 Å². The van der Waals surface area contributed by atoms with E-state index in [4.69, 9.17) is 5.26 Å². The average molecular weight is 303 g/mol. The number of amides is 1. The molecule has 19 heavy (non-hydrogen) atoms. The zero-order valence-corrected chi connectivity index (χ0v) is 12.0. The standard InChI is InChI=1S/C9H13N5O3S2/c1-3-4-7(5-10)14-19(16,17)9-13-12-8(18-9)11-6(2)15/h7,14H,3-4H2,1-2H3,(H,11,12,15). The number of hydrogen-bond donors (Lipinski definition) is 2. The summed E-state index contributed by atoms with van der Waals surface area (Å²) in [5.41, 5.74) is 0. The molecule has 0 aliphatic carbocycles. The lowest BCUT2D eigenvalue weighted by atomic mass is 10.2. The third kappa shape index (κ3) is 4.55. The van der Waals surface area contributed by atoms with Crippen LogP contribution in [0.1, 0.15) is 26.7 Å². The zero-order chi connectivity index (χ0) is 14.5. The predicted octanol–water partition coefficient (Wildman–Crippen LogP) is 0.467.